The topological polar surface area (TPSA) is 103 Å². The van der Waals surface area contributed by atoms with Crippen LogP contribution in [0.15, 0.2) is 110 Å². The third-order valence-electron chi connectivity index (χ3n) is 7.04. The summed E-state index contributed by atoms with van der Waals surface area (Å²) in [5, 5.41) is 3.29. The lowest BCUT2D eigenvalue weighted by Crippen LogP contribution is -2.40. The molecule has 3 aromatic carbocycles. The summed E-state index contributed by atoms with van der Waals surface area (Å²) < 4.78 is 26.5. The maximum absolute atomic E-state index is 13.9. The number of amides is 1. The minimum absolute atomic E-state index is 0.260. The van der Waals surface area contributed by atoms with Gasteiger partial charge in [-0.3, -0.25) is 14.2 Å². The third kappa shape index (κ3) is 5.52. The highest BCUT2D eigenvalue weighted by Crippen LogP contribution is 2.32. The number of nitrogens with one attached hydrogen (secondary N) is 1. The molecule has 220 valence electrons. The summed E-state index contributed by atoms with van der Waals surface area (Å²) in [7, 11) is 1.28. The molecule has 1 aliphatic heterocycles. The number of anilines is 1. The fourth-order valence-electron chi connectivity index (χ4n) is 5.00. The summed E-state index contributed by atoms with van der Waals surface area (Å²) in [6.45, 7) is 1.70. The van der Waals surface area contributed by atoms with Crippen molar-refractivity contribution in [1.29, 1.82) is 0 Å². The first kappa shape index (κ1) is 29.0. The van der Waals surface area contributed by atoms with Crippen molar-refractivity contribution in [2.75, 3.05) is 12.4 Å². The van der Waals surface area contributed by atoms with Gasteiger partial charge in [0, 0.05) is 22.3 Å². The number of ether oxygens (including phenoxy) is 1. The van der Waals surface area contributed by atoms with Gasteiger partial charge in [-0.05, 0) is 67.1 Å². The number of methoxy groups -OCH3 is 1. The Morgan fingerprint density at radius 3 is 2.55 bits per heavy atom. The van der Waals surface area contributed by atoms with Gasteiger partial charge in [0.05, 0.1) is 34.5 Å². The molecule has 8 nitrogen and oxygen atoms in total. The van der Waals surface area contributed by atoms with Gasteiger partial charge < -0.3 is 14.5 Å². The van der Waals surface area contributed by atoms with Gasteiger partial charge in [-0.15, -0.1) is 0 Å². The number of hydrogen-bond donors (Lipinski definition) is 1. The molecule has 0 unspecified atom stereocenters. The molecule has 0 fully saturated rings. The molecule has 0 saturated carbocycles. The van der Waals surface area contributed by atoms with Gasteiger partial charge in [-0.1, -0.05) is 53.3 Å². The number of hydrogen-bond acceptors (Lipinski definition) is 7. The number of halogens is 2. The van der Waals surface area contributed by atoms with Crippen LogP contribution in [0.25, 0.3) is 17.4 Å². The van der Waals surface area contributed by atoms with Crippen molar-refractivity contribution in [2.24, 2.45) is 4.99 Å². The maximum Gasteiger partial charge on any atom is 0.338 e. The highest BCUT2D eigenvalue weighted by atomic mass is 35.5. The van der Waals surface area contributed by atoms with Crippen LogP contribution in [0.5, 0.6) is 0 Å². The van der Waals surface area contributed by atoms with Gasteiger partial charge in [0.15, 0.2) is 4.80 Å². The molecule has 0 radical (unpaired) electrons. The predicted octanol–water partition coefficient (Wildman–Crippen LogP) is 5.71. The monoisotopic (exact) mass is 627 g/mol. The van der Waals surface area contributed by atoms with E-state index in [1.807, 2.05) is 6.07 Å². The average molecular weight is 628 g/mol. The Balaban J connectivity index is 1.44. The summed E-state index contributed by atoms with van der Waals surface area (Å²) in [6, 6.07) is 21.8. The van der Waals surface area contributed by atoms with Gasteiger partial charge in [-0.25, -0.2) is 14.2 Å². The molecule has 1 N–H and O–H groups in total. The number of esters is 1. The molecular formula is C33H23ClFN3O5S. The average Bonchev–Trinajstić information content (AvgIpc) is 3.61. The Labute approximate surface area is 259 Å². The van der Waals surface area contributed by atoms with E-state index in [1.54, 1.807) is 79.7 Å². The van der Waals surface area contributed by atoms with Crippen LogP contribution in [0.2, 0.25) is 5.02 Å². The number of allylic oxidation sites excluding steroid dienone is 1. The highest BCUT2D eigenvalue weighted by molar-refractivity contribution is 7.07. The molecule has 0 aliphatic carbocycles. The first-order valence-electron chi connectivity index (χ1n) is 13.4. The number of thiazole rings is 1. The van der Waals surface area contributed by atoms with Crippen molar-refractivity contribution in [3.05, 3.63) is 144 Å². The lowest BCUT2D eigenvalue weighted by Gasteiger charge is -2.25. The van der Waals surface area contributed by atoms with E-state index in [2.05, 4.69) is 10.3 Å². The van der Waals surface area contributed by atoms with Crippen LogP contribution in [-0.2, 0) is 9.53 Å². The second kappa shape index (κ2) is 11.9. The standard InChI is InChI=1S/C33H23ClFN3O5S/c1-18-28(30(39)37-22-6-4-3-5-7-22)29(19-8-11-21(35)12-9-19)38-31(40)27(44-33(38)36-18)17-23-13-15-26(43-23)25-16-20(34)10-14-24(25)32(41)42-2/h3-17,29H,1-2H3,(H,37,39)/b27-17+/t29-/m0/s1. The summed E-state index contributed by atoms with van der Waals surface area (Å²) in [6.07, 6.45) is 1.57. The van der Waals surface area contributed by atoms with E-state index in [0.717, 1.165) is 11.3 Å². The van der Waals surface area contributed by atoms with Crippen molar-refractivity contribution in [3.63, 3.8) is 0 Å². The number of aromatic nitrogens is 1. The molecule has 3 heterocycles. The molecular weight excluding hydrogens is 605 g/mol. The van der Waals surface area contributed by atoms with Gasteiger partial charge in [-0.2, -0.15) is 0 Å². The minimum atomic E-state index is -0.862. The molecule has 1 atom stereocenters. The van der Waals surface area contributed by atoms with Crippen LogP contribution in [0, 0.1) is 5.82 Å². The fraction of sp³-hybridized carbons (Fsp3) is 0.0909. The van der Waals surface area contributed by atoms with Crippen molar-refractivity contribution >= 4 is 46.6 Å². The molecule has 6 rings (SSSR count). The van der Waals surface area contributed by atoms with Crippen molar-refractivity contribution in [2.45, 2.75) is 13.0 Å². The zero-order valence-electron chi connectivity index (χ0n) is 23.3. The number of nitrogens with zero attached hydrogens (tertiary/aromatic N) is 2. The van der Waals surface area contributed by atoms with Crippen LogP contribution in [0.1, 0.15) is 34.6 Å². The summed E-state index contributed by atoms with van der Waals surface area (Å²) in [4.78, 5) is 44.9. The molecule has 0 bridgehead atoms. The molecule has 2 aromatic heterocycles. The fourth-order valence-corrected chi connectivity index (χ4v) is 6.20. The van der Waals surface area contributed by atoms with E-state index in [-0.39, 0.29) is 11.1 Å². The van der Waals surface area contributed by atoms with E-state index in [0.29, 0.717) is 48.4 Å². The number of fused-ring (bicyclic) bond motifs is 1. The van der Waals surface area contributed by atoms with Gasteiger partial charge in [0.25, 0.3) is 11.5 Å². The largest absolute Gasteiger partial charge is 0.465 e. The first-order chi connectivity index (χ1) is 21.2. The second-order valence-electron chi connectivity index (χ2n) is 9.84. The van der Waals surface area contributed by atoms with E-state index >= 15 is 0 Å². The van der Waals surface area contributed by atoms with Crippen LogP contribution in [-0.4, -0.2) is 23.6 Å². The van der Waals surface area contributed by atoms with Crippen molar-refractivity contribution < 1.29 is 23.1 Å². The minimum Gasteiger partial charge on any atom is -0.465 e. The lowest BCUT2D eigenvalue weighted by atomic mass is 9.95. The summed E-state index contributed by atoms with van der Waals surface area (Å²) >= 11 is 7.32. The number of furan rings is 1. The number of para-hydroxylation sites is 1. The van der Waals surface area contributed by atoms with E-state index in [9.17, 15) is 18.8 Å². The quantitative estimate of drug-likeness (QED) is 0.243. The lowest BCUT2D eigenvalue weighted by molar-refractivity contribution is -0.113. The predicted molar refractivity (Wildman–Crippen MR) is 166 cm³/mol. The summed E-state index contributed by atoms with van der Waals surface area (Å²) in [5.74, 6) is -0.726. The maximum atomic E-state index is 13.9. The van der Waals surface area contributed by atoms with Crippen LogP contribution in [0.3, 0.4) is 0 Å². The normalized spacial score (nSPS) is 14.6. The molecule has 0 saturated heterocycles. The van der Waals surface area contributed by atoms with Crippen LogP contribution in [0.4, 0.5) is 10.1 Å². The number of carbonyl (C=O) groups is 2. The zero-order chi connectivity index (χ0) is 31.0. The van der Waals surface area contributed by atoms with Gasteiger partial charge in [0.1, 0.15) is 17.3 Å². The van der Waals surface area contributed by atoms with Crippen molar-refractivity contribution in [3.8, 4) is 11.3 Å². The summed E-state index contributed by atoms with van der Waals surface area (Å²) in [5.41, 5.74) is 2.12. The van der Waals surface area contributed by atoms with Crippen LogP contribution >= 0.6 is 22.9 Å². The molecule has 1 amide bonds. The van der Waals surface area contributed by atoms with Crippen LogP contribution < -0.4 is 20.2 Å². The number of benzene rings is 3. The molecule has 1 aliphatic rings. The SMILES string of the molecule is COC(=O)c1ccc(Cl)cc1-c1ccc(/C=c2/sc3n(c2=O)[C@@H](c2ccc(F)cc2)C(C(=O)Nc2ccccc2)=C(C)N=3)o1. The van der Waals surface area contributed by atoms with E-state index in [1.165, 1.54) is 23.8 Å². The molecule has 0 spiro atoms. The van der Waals surface area contributed by atoms with E-state index in [4.69, 9.17) is 20.8 Å². The Hall–Kier alpha value is -5.06. The molecule has 44 heavy (non-hydrogen) atoms. The van der Waals surface area contributed by atoms with Gasteiger partial charge >= 0.3 is 5.97 Å². The van der Waals surface area contributed by atoms with E-state index < -0.39 is 29.3 Å². The number of rotatable bonds is 6. The molecule has 11 heteroatoms. The molecule has 5 aromatic rings. The smallest absolute Gasteiger partial charge is 0.338 e. The first-order valence-corrected chi connectivity index (χ1v) is 14.6. The number of carbonyl (C=O) groups excluding carboxylic acids is 2. The third-order valence-corrected chi connectivity index (χ3v) is 8.25. The Morgan fingerprint density at radius 2 is 1.82 bits per heavy atom. The Kier molecular flexibility index (Phi) is 7.86. The van der Waals surface area contributed by atoms with Gasteiger partial charge in [0.2, 0.25) is 0 Å². The highest BCUT2D eigenvalue weighted by Gasteiger charge is 2.32. The zero-order valence-corrected chi connectivity index (χ0v) is 24.9. The van der Waals surface area contributed by atoms with Crippen molar-refractivity contribution in [1.82, 2.24) is 4.57 Å². The Morgan fingerprint density at radius 1 is 1.07 bits per heavy atom. The second-order valence-corrected chi connectivity index (χ2v) is 11.3. The Bertz CT molecular complexity index is 2130.